The SMILES string of the molecule is COC(=O)c1oc(-c2ccccc2)nc1CBr. The summed E-state index contributed by atoms with van der Waals surface area (Å²) in [5, 5.41) is 0.438. The van der Waals surface area contributed by atoms with Gasteiger partial charge in [-0.05, 0) is 12.1 Å². The van der Waals surface area contributed by atoms with Crippen molar-refractivity contribution in [2.75, 3.05) is 7.11 Å². The Balaban J connectivity index is 2.45. The first kappa shape index (κ1) is 11.9. The third-order valence-corrected chi connectivity index (χ3v) is 2.75. The molecule has 0 bridgehead atoms. The van der Waals surface area contributed by atoms with Crippen LogP contribution in [0.5, 0.6) is 0 Å². The highest BCUT2D eigenvalue weighted by Crippen LogP contribution is 2.23. The molecule has 1 heterocycles. The Kier molecular flexibility index (Phi) is 3.58. The molecule has 17 heavy (non-hydrogen) atoms. The van der Waals surface area contributed by atoms with Gasteiger partial charge in [0, 0.05) is 10.9 Å². The molecule has 0 spiro atoms. The molecule has 0 saturated heterocycles. The molecule has 0 aliphatic heterocycles. The summed E-state index contributed by atoms with van der Waals surface area (Å²) in [5.41, 5.74) is 1.36. The Morgan fingerprint density at radius 2 is 2.12 bits per heavy atom. The zero-order valence-corrected chi connectivity index (χ0v) is 10.7. The molecule has 0 saturated carbocycles. The second-order valence-electron chi connectivity index (χ2n) is 3.29. The molecule has 1 aromatic heterocycles. The van der Waals surface area contributed by atoms with Crippen molar-refractivity contribution >= 4 is 21.9 Å². The number of nitrogens with zero attached hydrogens (tertiary/aromatic N) is 1. The van der Waals surface area contributed by atoms with Gasteiger partial charge < -0.3 is 9.15 Å². The number of benzene rings is 1. The van der Waals surface area contributed by atoms with Crippen LogP contribution in [-0.4, -0.2) is 18.1 Å². The molecule has 0 amide bonds. The van der Waals surface area contributed by atoms with Gasteiger partial charge in [0.15, 0.2) is 0 Å². The van der Waals surface area contributed by atoms with Crippen molar-refractivity contribution in [3.8, 4) is 11.5 Å². The van der Waals surface area contributed by atoms with Crippen molar-refractivity contribution in [3.05, 3.63) is 41.8 Å². The van der Waals surface area contributed by atoms with Gasteiger partial charge in [0.25, 0.3) is 0 Å². The van der Waals surface area contributed by atoms with Crippen molar-refractivity contribution in [1.82, 2.24) is 4.98 Å². The van der Waals surface area contributed by atoms with Crippen LogP contribution < -0.4 is 0 Å². The number of aromatic nitrogens is 1. The minimum Gasteiger partial charge on any atom is -0.463 e. The van der Waals surface area contributed by atoms with Crippen LogP contribution in [0.4, 0.5) is 0 Å². The maximum Gasteiger partial charge on any atom is 0.376 e. The Labute approximate surface area is 107 Å². The van der Waals surface area contributed by atoms with Crippen LogP contribution in [0.2, 0.25) is 0 Å². The highest BCUT2D eigenvalue weighted by molar-refractivity contribution is 9.08. The number of esters is 1. The van der Waals surface area contributed by atoms with Gasteiger partial charge in [0.05, 0.1) is 7.11 Å². The predicted octanol–water partition coefficient (Wildman–Crippen LogP) is 3.02. The number of methoxy groups -OCH3 is 1. The highest BCUT2D eigenvalue weighted by atomic mass is 79.9. The molecule has 2 rings (SSSR count). The Morgan fingerprint density at radius 3 is 2.71 bits per heavy atom. The van der Waals surface area contributed by atoms with Crippen LogP contribution in [0, 0.1) is 0 Å². The molecule has 0 atom stereocenters. The van der Waals surface area contributed by atoms with E-state index in [-0.39, 0.29) is 5.76 Å². The van der Waals surface area contributed by atoms with Gasteiger partial charge in [-0.25, -0.2) is 9.78 Å². The topological polar surface area (TPSA) is 52.3 Å². The zero-order chi connectivity index (χ0) is 12.3. The van der Waals surface area contributed by atoms with Crippen LogP contribution in [0.1, 0.15) is 16.2 Å². The summed E-state index contributed by atoms with van der Waals surface area (Å²) in [7, 11) is 1.31. The lowest BCUT2D eigenvalue weighted by atomic mass is 10.2. The minimum absolute atomic E-state index is 0.142. The second-order valence-corrected chi connectivity index (χ2v) is 3.85. The normalized spacial score (nSPS) is 10.2. The zero-order valence-electron chi connectivity index (χ0n) is 9.14. The van der Waals surface area contributed by atoms with Crippen molar-refractivity contribution in [2.24, 2.45) is 0 Å². The average Bonchev–Trinajstić information content (AvgIpc) is 2.83. The summed E-state index contributed by atoms with van der Waals surface area (Å²) >= 11 is 3.26. The molecular formula is C12H10BrNO3. The summed E-state index contributed by atoms with van der Waals surface area (Å²) in [6, 6.07) is 9.39. The molecular weight excluding hydrogens is 286 g/mol. The molecule has 0 aliphatic rings. The smallest absolute Gasteiger partial charge is 0.376 e. The number of rotatable bonds is 3. The van der Waals surface area contributed by atoms with Gasteiger partial charge in [-0.1, -0.05) is 34.1 Å². The lowest BCUT2D eigenvalue weighted by Crippen LogP contribution is -2.02. The molecule has 0 aliphatic carbocycles. The van der Waals surface area contributed by atoms with E-state index in [1.54, 1.807) is 0 Å². The van der Waals surface area contributed by atoms with E-state index in [0.717, 1.165) is 5.56 Å². The van der Waals surface area contributed by atoms with E-state index in [0.29, 0.717) is 16.9 Å². The van der Waals surface area contributed by atoms with E-state index in [2.05, 4.69) is 25.7 Å². The maximum atomic E-state index is 11.5. The minimum atomic E-state index is -0.519. The second kappa shape index (κ2) is 5.14. The molecule has 88 valence electrons. The van der Waals surface area contributed by atoms with Crippen LogP contribution in [0.15, 0.2) is 34.7 Å². The Morgan fingerprint density at radius 1 is 1.41 bits per heavy atom. The van der Waals surface area contributed by atoms with E-state index < -0.39 is 5.97 Å². The highest BCUT2D eigenvalue weighted by Gasteiger charge is 2.20. The summed E-state index contributed by atoms with van der Waals surface area (Å²) < 4.78 is 10.1. The first-order chi connectivity index (χ1) is 8.26. The molecule has 5 heteroatoms. The molecule has 2 aromatic rings. The van der Waals surface area contributed by atoms with Crippen LogP contribution >= 0.6 is 15.9 Å². The van der Waals surface area contributed by atoms with Crippen LogP contribution in [0.25, 0.3) is 11.5 Å². The van der Waals surface area contributed by atoms with E-state index in [1.807, 2.05) is 30.3 Å². The van der Waals surface area contributed by atoms with E-state index in [9.17, 15) is 4.79 Å². The number of carbonyl (C=O) groups excluding carboxylic acids is 1. The van der Waals surface area contributed by atoms with Gasteiger partial charge in [-0.15, -0.1) is 0 Å². The van der Waals surface area contributed by atoms with Gasteiger partial charge >= 0.3 is 5.97 Å². The predicted molar refractivity (Wildman–Crippen MR) is 65.9 cm³/mol. The first-order valence-electron chi connectivity index (χ1n) is 4.95. The standard InChI is InChI=1S/C12H10BrNO3/c1-16-12(15)10-9(7-13)14-11(17-10)8-5-3-2-4-6-8/h2-6H,7H2,1H3. The monoisotopic (exact) mass is 295 g/mol. The molecule has 0 radical (unpaired) electrons. The number of halogens is 1. The number of ether oxygens (including phenoxy) is 1. The number of alkyl halides is 1. The summed E-state index contributed by atoms with van der Waals surface area (Å²) in [4.78, 5) is 15.7. The van der Waals surface area contributed by atoms with Gasteiger partial charge in [-0.3, -0.25) is 0 Å². The summed E-state index contributed by atoms with van der Waals surface area (Å²) in [5.74, 6) is 0.0396. The molecule has 0 unspecified atom stereocenters. The molecule has 1 aromatic carbocycles. The number of oxazole rings is 1. The lowest BCUT2D eigenvalue weighted by Gasteiger charge is -1.94. The van der Waals surface area contributed by atoms with Crippen molar-refractivity contribution < 1.29 is 13.9 Å². The average molecular weight is 296 g/mol. The van der Waals surface area contributed by atoms with Crippen LogP contribution in [-0.2, 0) is 10.1 Å². The largest absolute Gasteiger partial charge is 0.463 e. The van der Waals surface area contributed by atoms with Crippen LogP contribution in [0.3, 0.4) is 0 Å². The fourth-order valence-corrected chi connectivity index (χ4v) is 1.78. The number of carbonyl (C=O) groups is 1. The molecule has 4 nitrogen and oxygen atoms in total. The molecule has 0 N–H and O–H groups in total. The van der Waals surface area contributed by atoms with Crippen molar-refractivity contribution in [2.45, 2.75) is 5.33 Å². The maximum absolute atomic E-state index is 11.5. The van der Waals surface area contributed by atoms with E-state index in [4.69, 9.17) is 4.42 Å². The fraction of sp³-hybridized carbons (Fsp3) is 0.167. The third kappa shape index (κ3) is 2.39. The van der Waals surface area contributed by atoms with E-state index in [1.165, 1.54) is 7.11 Å². The Bertz CT molecular complexity index is 522. The molecule has 0 fully saturated rings. The number of hydrogen-bond acceptors (Lipinski definition) is 4. The van der Waals surface area contributed by atoms with Gasteiger partial charge in [0.1, 0.15) is 5.69 Å². The van der Waals surface area contributed by atoms with Crippen molar-refractivity contribution in [1.29, 1.82) is 0 Å². The Hall–Kier alpha value is -1.62. The quantitative estimate of drug-likeness (QED) is 0.645. The number of hydrogen-bond donors (Lipinski definition) is 0. The summed E-state index contributed by atoms with van der Waals surface area (Å²) in [6.07, 6.45) is 0. The first-order valence-corrected chi connectivity index (χ1v) is 6.07. The van der Waals surface area contributed by atoms with Gasteiger partial charge in [-0.2, -0.15) is 0 Å². The lowest BCUT2D eigenvalue weighted by molar-refractivity contribution is 0.0565. The van der Waals surface area contributed by atoms with Crippen molar-refractivity contribution in [3.63, 3.8) is 0 Å². The summed E-state index contributed by atoms with van der Waals surface area (Å²) in [6.45, 7) is 0. The van der Waals surface area contributed by atoms with E-state index >= 15 is 0 Å². The van der Waals surface area contributed by atoms with Gasteiger partial charge in [0.2, 0.25) is 11.7 Å². The fourth-order valence-electron chi connectivity index (χ4n) is 1.40. The third-order valence-electron chi connectivity index (χ3n) is 2.22.